The Morgan fingerprint density at radius 2 is 1.71 bits per heavy atom. The van der Waals surface area contributed by atoms with Gasteiger partial charge in [-0.15, -0.1) is 0 Å². The van der Waals surface area contributed by atoms with Crippen molar-refractivity contribution in [2.75, 3.05) is 26.2 Å². The first-order valence-electron chi connectivity index (χ1n) is 12.3. The van der Waals surface area contributed by atoms with Gasteiger partial charge in [0.15, 0.2) is 0 Å². The molecule has 4 aliphatic rings. The Kier molecular flexibility index (Phi) is 5.84. The van der Waals surface area contributed by atoms with Gasteiger partial charge in [-0.05, 0) is 26.3 Å². The Bertz CT molecular complexity index is 1090. The standard InChI is InChI=1S/C27H33N3O5/c1-18(2)29-14-8-12-27-21(24(33)30(15-16-31)22(27)25(29)34)20-23(32)28(13-7-11-26(20,3)35-27)17-19-9-5-4-6-10-19/h4-12,18,20-22,31H,13-17H2,1-3H3/t20-,21+,22?,26+,27+/m1/s1. The minimum atomic E-state index is -1.28. The summed E-state index contributed by atoms with van der Waals surface area (Å²) in [6.07, 6.45) is 7.52. The van der Waals surface area contributed by atoms with E-state index >= 15 is 0 Å². The van der Waals surface area contributed by atoms with Crippen LogP contribution in [0.5, 0.6) is 0 Å². The number of aliphatic hydroxyl groups excluding tert-OH is 1. The molecule has 1 unspecified atom stereocenters. The molecule has 0 aliphatic carbocycles. The van der Waals surface area contributed by atoms with Crippen molar-refractivity contribution in [1.29, 1.82) is 0 Å². The van der Waals surface area contributed by atoms with Crippen LogP contribution in [-0.2, 0) is 25.7 Å². The van der Waals surface area contributed by atoms with Crippen molar-refractivity contribution < 1.29 is 24.2 Å². The van der Waals surface area contributed by atoms with Gasteiger partial charge in [-0.1, -0.05) is 54.6 Å². The van der Waals surface area contributed by atoms with Gasteiger partial charge in [0.1, 0.15) is 11.6 Å². The van der Waals surface area contributed by atoms with Gasteiger partial charge in [0.05, 0.1) is 24.0 Å². The third-order valence-electron chi connectivity index (χ3n) is 7.85. The van der Waals surface area contributed by atoms with Gasteiger partial charge in [-0.25, -0.2) is 0 Å². The predicted octanol–water partition coefficient (Wildman–Crippen LogP) is 1.36. The molecule has 1 spiro atoms. The molecule has 8 heteroatoms. The topological polar surface area (TPSA) is 90.4 Å². The lowest BCUT2D eigenvalue weighted by Gasteiger charge is -2.38. The van der Waals surface area contributed by atoms with Crippen LogP contribution in [0.1, 0.15) is 26.3 Å². The number of ether oxygens (including phenoxy) is 1. The maximum absolute atomic E-state index is 14.1. The first-order chi connectivity index (χ1) is 16.7. The molecule has 4 heterocycles. The van der Waals surface area contributed by atoms with E-state index in [0.29, 0.717) is 19.6 Å². The number of rotatable bonds is 5. The van der Waals surface area contributed by atoms with Gasteiger partial charge >= 0.3 is 0 Å². The minimum Gasteiger partial charge on any atom is -0.395 e. The number of aliphatic hydroxyl groups is 1. The van der Waals surface area contributed by atoms with Crippen LogP contribution in [0.2, 0.25) is 0 Å². The SMILES string of the molecule is CC(C)N1CC=C[C@]23O[C@@]4(C)C=CCN(Cc5ccccc5)C(=O)[C@H]4[C@H]2C(=O)N(CCO)C3C1=O. The average Bonchev–Trinajstić information content (AvgIpc) is 3.08. The number of nitrogens with zero attached hydrogens (tertiary/aromatic N) is 3. The summed E-state index contributed by atoms with van der Waals surface area (Å²) in [4.78, 5) is 46.7. The summed E-state index contributed by atoms with van der Waals surface area (Å²) in [5.74, 6) is -2.33. The Labute approximate surface area is 205 Å². The molecule has 35 heavy (non-hydrogen) atoms. The predicted molar refractivity (Wildman–Crippen MR) is 129 cm³/mol. The number of hydrogen-bond donors (Lipinski definition) is 1. The van der Waals surface area contributed by atoms with E-state index in [1.807, 2.05) is 75.4 Å². The number of carbonyl (C=O) groups excluding carboxylic acids is 3. The Hall–Kier alpha value is -2.97. The van der Waals surface area contributed by atoms with E-state index in [1.165, 1.54) is 4.90 Å². The van der Waals surface area contributed by atoms with Crippen LogP contribution in [-0.4, -0.2) is 87.1 Å². The molecule has 4 aliphatic heterocycles. The van der Waals surface area contributed by atoms with Gasteiger partial charge in [0.25, 0.3) is 0 Å². The highest BCUT2D eigenvalue weighted by molar-refractivity contribution is 6.00. The van der Waals surface area contributed by atoms with Crippen LogP contribution in [0.4, 0.5) is 0 Å². The molecule has 1 aromatic carbocycles. The normalized spacial score (nSPS) is 34.3. The van der Waals surface area contributed by atoms with Gasteiger partial charge in [-0.3, -0.25) is 14.4 Å². The highest BCUT2D eigenvalue weighted by Crippen LogP contribution is 2.57. The third kappa shape index (κ3) is 3.53. The van der Waals surface area contributed by atoms with Crippen LogP contribution in [0.3, 0.4) is 0 Å². The van der Waals surface area contributed by atoms with Crippen molar-refractivity contribution in [3.8, 4) is 0 Å². The third-order valence-corrected chi connectivity index (χ3v) is 7.85. The van der Waals surface area contributed by atoms with E-state index in [-0.39, 0.29) is 36.9 Å². The van der Waals surface area contributed by atoms with Crippen LogP contribution in [0.25, 0.3) is 0 Å². The zero-order valence-corrected chi connectivity index (χ0v) is 20.5. The smallest absolute Gasteiger partial charge is 0.249 e. The van der Waals surface area contributed by atoms with E-state index in [2.05, 4.69) is 0 Å². The lowest BCUT2D eigenvalue weighted by Crippen LogP contribution is -2.57. The van der Waals surface area contributed by atoms with Crippen molar-refractivity contribution in [1.82, 2.24) is 14.7 Å². The molecule has 0 radical (unpaired) electrons. The molecule has 2 fully saturated rings. The summed E-state index contributed by atoms with van der Waals surface area (Å²) in [6.45, 7) is 6.68. The number of benzene rings is 1. The second kappa shape index (κ2) is 8.60. The number of likely N-dealkylation sites (tertiary alicyclic amines) is 1. The van der Waals surface area contributed by atoms with Crippen molar-refractivity contribution >= 4 is 17.7 Å². The number of hydrogen-bond acceptors (Lipinski definition) is 5. The highest BCUT2D eigenvalue weighted by atomic mass is 16.5. The first-order valence-corrected chi connectivity index (χ1v) is 12.3. The van der Waals surface area contributed by atoms with Crippen molar-refractivity contribution in [3.05, 3.63) is 60.2 Å². The van der Waals surface area contributed by atoms with Crippen molar-refractivity contribution in [3.63, 3.8) is 0 Å². The van der Waals surface area contributed by atoms with Gasteiger partial charge < -0.3 is 24.5 Å². The monoisotopic (exact) mass is 479 g/mol. The zero-order chi connectivity index (χ0) is 25.0. The molecule has 0 saturated carbocycles. The fourth-order valence-electron chi connectivity index (χ4n) is 6.35. The molecule has 2 saturated heterocycles. The second-order valence-corrected chi connectivity index (χ2v) is 10.3. The molecular formula is C27H33N3O5. The Morgan fingerprint density at radius 3 is 2.40 bits per heavy atom. The van der Waals surface area contributed by atoms with Crippen LogP contribution >= 0.6 is 0 Å². The Balaban J connectivity index is 1.59. The van der Waals surface area contributed by atoms with E-state index in [1.54, 1.807) is 9.80 Å². The summed E-state index contributed by atoms with van der Waals surface area (Å²) in [6, 6.07) is 8.75. The molecule has 186 valence electrons. The summed E-state index contributed by atoms with van der Waals surface area (Å²) in [5.41, 5.74) is -1.31. The number of β-amino-alcohol motifs (C(OH)–C–C–N with tert-alkyl or cyclic N) is 1. The fraction of sp³-hybridized carbons (Fsp3) is 0.519. The molecular weight excluding hydrogens is 446 g/mol. The molecule has 3 amide bonds. The van der Waals surface area contributed by atoms with E-state index in [4.69, 9.17) is 4.74 Å². The van der Waals surface area contributed by atoms with E-state index in [9.17, 15) is 19.5 Å². The van der Waals surface area contributed by atoms with Crippen LogP contribution < -0.4 is 0 Å². The second-order valence-electron chi connectivity index (χ2n) is 10.3. The zero-order valence-electron chi connectivity index (χ0n) is 20.5. The van der Waals surface area contributed by atoms with Crippen LogP contribution in [0, 0.1) is 11.8 Å². The first kappa shape index (κ1) is 23.8. The van der Waals surface area contributed by atoms with E-state index in [0.717, 1.165) is 5.56 Å². The van der Waals surface area contributed by atoms with Crippen LogP contribution in [0.15, 0.2) is 54.6 Å². The Morgan fingerprint density at radius 1 is 1.00 bits per heavy atom. The summed E-state index contributed by atoms with van der Waals surface area (Å²) in [7, 11) is 0. The summed E-state index contributed by atoms with van der Waals surface area (Å²) < 4.78 is 6.73. The number of carbonyl (C=O) groups is 3. The maximum Gasteiger partial charge on any atom is 0.249 e. The largest absolute Gasteiger partial charge is 0.395 e. The highest BCUT2D eigenvalue weighted by Gasteiger charge is 2.74. The van der Waals surface area contributed by atoms with Crippen molar-refractivity contribution in [2.45, 2.75) is 50.6 Å². The quantitative estimate of drug-likeness (QED) is 0.644. The van der Waals surface area contributed by atoms with Gasteiger partial charge in [-0.2, -0.15) is 0 Å². The molecule has 1 aromatic rings. The number of amides is 3. The molecule has 5 atom stereocenters. The average molecular weight is 480 g/mol. The minimum absolute atomic E-state index is 0.0117. The summed E-state index contributed by atoms with van der Waals surface area (Å²) >= 11 is 0. The molecule has 8 nitrogen and oxygen atoms in total. The molecule has 5 rings (SSSR count). The molecule has 1 N–H and O–H groups in total. The molecule has 0 aromatic heterocycles. The van der Waals surface area contributed by atoms with Gasteiger partial charge in [0, 0.05) is 32.2 Å². The maximum atomic E-state index is 14.1. The summed E-state index contributed by atoms with van der Waals surface area (Å²) in [5, 5.41) is 9.75. The lowest BCUT2D eigenvalue weighted by atomic mass is 9.74. The fourth-order valence-corrected chi connectivity index (χ4v) is 6.35. The van der Waals surface area contributed by atoms with Crippen molar-refractivity contribution in [2.24, 2.45) is 11.8 Å². The van der Waals surface area contributed by atoms with Gasteiger partial charge in [0.2, 0.25) is 17.7 Å². The molecule has 0 bridgehead atoms. The lowest BCUT2D eigenvalue weighted by molar-refractivity contribution is -0.154. The number of fused-ring (bicyclic) bond motifs is 2. The van der Waals surface area contributed by atoms with E-state index < -0.39 is 29.1 Å².